The minimum Gasteiger partial charge on any atom is -0.480 e. The number of amides is 1. The molecule has 0 bridgehead atoms. The first-order valence-corrected chi connectivity index (χ1v) is 6.69. The second-order valence-corrected chi connectivity index (χ2v) is 5.56. The molecular weight excluding hydrogens is 252 g/mol. The Bertz CT molecular complexity index is 456. The number of nitrogens with zero attached hydrogens (tertiary/aromatic N) is 1. The molecule has 1 heterocycles. The Hall–Kier alpha value is -1.43. The number of rotatable bonds is 5. The highest BCUT2D eigenvalue weighted by atomic mass is 32.1. The molecule has 2 N–H and O–H groups in total. The lowest BCUT2D eigenvalue weighted by Gasteiger charge is -2.23. The molecule has 18 heavy (non-hydrogen) atoms. The summed E-state index contributed by atoms with van der Waals surface area (Å²) >= 11 is 1.41. The Labute approximate surface area is 110 Å². The lowest BCUT2D eigenvalue weighted by molar-refractivity contribution is -0.143. The van der Waals surface area contributed by atoms with Crippen LogP contribution in [0.1, 0.15) is 55.5 Å². The second-order valence-electron chi connectivity index (χ2n) is 4.67. The van der Waals surface area contributed by atoms with Gasteiger partial charge in [0.1, 0.15) is 11.2 Å². The third-order valence-electron chi connectivity index (χ3n) is 2.82. The summed E-state index contributed by atoms with van der Waals surface area (Å²) in [6.45, 7) is 7.19. The van der Waals surface area contributed by atoms with Gasteiger partial charge in [-0.1, -0.05) is 20.8 Å². The predicted octanol–water partition coefficient (Wildman–Crippen LogP) is 2.25. The number of nitrogens with one attached hydrogen (secondary N) is 1. The van der Waals surface area contributed by atoms with Crippen LogP contribution in [-0.4, -0.2) is 27.5 Å². The molecular formula is C12H18N2O3S. The molecule has 100 valence electrons. The molecule has 1 unspecified atom stereocenters. The number of thiazole rings is 1. The van der Waals surface area contributed by atoms with Gasteiger partial charge in [0.2, 0.25) is 0 Å². The van der Waals surface area contributed by atoms with Gasteiger partial charge in [-0.05, 0) is 13.3 Å². The number of hydrogen-bond acceptors (Lipinski definition) is 4. The molecule has 1 rings (SSSR count). The number of hydrogen-bond donors (Lipinski definition) is 2. The van der Waals surface area contributed by atoms with E-state index in [1.165, 1.54) is 18.3 Å². The van der Waals surface area contributed by atoms with Crippen molar-refractivity contribution >= 4 is 23.2 Å². The van der Waals surface area contributed by atoms with Crippen LogP contribution in [0, 0.1) is 0 Å². The van der Waals surface area contributed by atoms with Gasteiger partial charge in [0, 0.05) is 11.3 Å². The van der Waals surface area contributed by atoms with Crippen LogP contribution in [-0.2, 0) is 4.79 Å². The van der Waals surface area contributed by atoms with Crippen molar-refractivity contribution in [3.05, 3.63) is 16.1 Å². The highest BCUT2D eigenvalue weighted by molar-refractivity contribution is 7.09. The number of carbonyl (C=O) groups is 2. The molecule has 0 aliphatic heterocycles. The molecule has 1 aromatic rings. The van der Waals surface area contributed by atoms with Crippen LogP contribution in [0.3, 0.4) is 0 Å². The van der Waals surface area contributed by atoms with Gasteiger partial charge >= 0.3 is 5.97 Å². The van der Waals surface area contributed by atoms with E-state index in [-0.39, 0.29) is 11.6 Å². The molecule has 0 aliphatic rings. The summed E-state index contributed by atoms with van der Waals surface area (Å²) < 4.78 is 0. The average Bonchev–Trinajstić information content (AvgIpc) is 2.77. The first-order valence-electron chi connectivity index (χ1n) is 5.81. The molecule has 0 fully saturated rings. The van der Waals surface area contributed by atoms with Crippen LogP contribution < -0.4 is 5.32 Å². The van der Waals surface area contributed by atoms with Gasteiger partial charge in [-0.2, -0.15) is 0 Å². The van der Waals surface area contributed by atoms with Gasteiger partial charge in [0.25, 0.3) is 5.91 Å². The van der Waals surface area contributed by atoms with Gasteiger partial charge in [0.05, 0.1) is 5.01 Å². The fourth-order valence-electron chi connectivity index (χ4n) is 1.26. The normalized spacial score (nSPS) is 14.3. The number of aromatic nitrogens is 1. The zero-order chi connectivity index (χ0) is 13.9. The predicted molar refractivity (Wildman–Crippen MR) is 70.0 cm³/mol. The van der Waals surface area contributed by atoms with Crippen molar-refractivity contribution in [1.29, 1.82) is 0 Å². The van der Waals surface area contributed by atoms with Gasteiger partial charge < -0.3 is 10.4 Å². The molecule has 0 aliphatic carbocycles. The van der Waals surface area contributed by atoms with E-state index in [0.29, 0.717) is 6.42 Å². The molecule has 1 aromatic heterocycles. The maximum atomic E-state index is 11.9. The Balaban J connectivity index is 2.84. The Morgan fingerprint density at radius 2 is 2.17 bits per heavy atom. The Morgan fingerprint density at radius 1 is 1.56 bits per heavy atom. The quantitative estimate of drug-likeness (QED) is 0.860. The minimum atomic E-state index is -1.25. The zero-order valence-electron chi connectivity index (χ0n) is 11.0. The molecule has 0 aromatic carbocycles. The van der Waals surface area contributed by atoms with Crippen molar-refractivity contribution in [2.75, 3.05) is 0 Å². The number of carbonyl (C=O) groups excluding carboxylic acids is 1. The number of aliphatic carboxylic acids is 1. The van der Waals surface area contributed by atoms with Crippen molar-refractivity contribution in [3.63, 3.8) is 0 Å². The monoisotopic (exact) mass is 270 g/mol. The number of carboxylic acids is 1. The largest absolute Gasteiger partial charge is 0.480 e. The lowest BCUT2D eigenvalue weighted by Crippen LogP contribution is -2.51. The van der Waals surface area contributed by atoms with Crippen molar-refractivity contribution < 1.29 is 14.7 Å². The van der Waals surface area contributed by atoms with Crippen molar-refractivity contribution in [1.82, 2.24) is 10.3 Å². The van der Waals surface area contributed by atoms with Gasteiger partial charge in [-0.25, -0.2) is 9.78 Å². The van der Waals surface area contributed by atoms with E-state index in [2.05, 4.69) is 10.3 Å². The smallest absolute Gasteiger partial charge is 0.329 e. The van der Waals surface area contributed by atoms with E-state index in [4.69, 9.17) is 5.11 Å². The van der Waals surface area contributed by atoms with Crippen LogP contribution in [0.15, 0.2) is 5.38 Å². The number of carboxylic acid groups (broad SMARTS) is 1. The Kier molecular flexibility index (Phi) is 4.45. The van der Waals surface area contributed by atoms with Crippen LogP contribution in [0.25, 0.3) is 0 Å². The van der Waals surface area contributed by atoms with Crippen molar-refractivity contribution in [2.24, 2.45) is 0 Å². The molecule has 0 saturated carbocycles. The molecule has 5 nitrogen and oxygen atoms in total. The first kappa shape index (κ1) is 14.6. The van der Waals surface area contributed by atoms with Gasteiger partial charge in [0.15, 0.2) is 0 Å². The summed E-state index contributed by atoms with van der Waals surface area (Å²) in [5, 5.41) is 14.1. The van der Waals surface area contributed by atoms with E-state index in [9.17, 15) is 9.59 Å². The summed E-state index contributed by atoms with van der Waals surface area (Å²) in [5.74, 6) is -1.23. The minimum absolute atomic E-state index is 0.258. The van der Waals surface area contributed by atoms with Crippen molar-refractivity contribution in [2.45, 2.75) is 45.6 Å². The molecule has 6 heteroatoms. The first-order chi connectivity index (χ1) is 8.30. The summed E-state index contributed by atoms with van der Waals surface area (Å²) in [6, 6.07) is 0. The fourth-order valence-corrected chi connectivity index (χ4v) is 2.08. The Morgan fingerprint density at radius 3 is 2.56 bits per heavy atom. The van der Waals surface area contributed by atoms with E-state index < -0.39 is 17.4 Å². The maximum Gasteiger partial charge on any atom is 0.329 e. The van der Waals surface area contributed by atoms with Crippen LogP contribution in [0.5, 0.6) is 0 Å². The third-order valence-corrected chi connectivity index (χ3v) is 3.96. The highest BCUT2D eigenvalue weighted by Crippen LogP contribution is 2.20. The van der Waals surface area contributed by atoms with E-state index >= 15 is 0 Å². The molecule has 1 atom stereocenters. The van der Waals surface area contributed by atoms with Crippen LogP contribution in [0.4, 0.5) is 0 Å². The van der Waals surface area contributed by atoms with Crippen LogP contribution in [0.2, 0.25) is 0 Å². The molecule has 0 spiro atoms. The SMILES string of the molecule is CCC(C)(NC(=O)c1csc(C(C)C)n1)C(=O)O. The zero-order valence-corrected chi connectivity index (χ0v) is 11.8. The molecule has 1 amide bonds. The summed E-state index contributed by atoms with van der Waals surface area (Å²) in [6.07, 6.45) is 0.315. The highest BCUT2D eigenvalue weighted by Gasteiger charge is 2.33. The summed E-state index contributed by atoms with van der Waals surface area (Å²) in [4.78, 5) is 27.2. The van der Waals surface area contributed by atoms with E-state index in [1.54, 1.807) is 12.3 Å². The molecule has 0 radical (unpaired) electrons. The topological polar surface area (TPSA) is 79.3 Å². The maximum absolute atomic E-state index is 11.9. The van der Waals surface area contributed by atoms with E-state index in [0.717, 1.165) is 5.01 Å². The second kappa shape index (κ2) is 5.48. The summed E-state index contributed by atoms with van der Waals surface area (Å²) in [5.41, 5.74) is -0.969. The molecule has 0 saturated heterocycles. The van der Waals surface area contributed by atoms with Crippen molar-refractivity contribution in [3.8, 4) is 0 Å². The van der Waals surface area contributed by atoms with Crippen LogP contribution >= 0.6 is 11.3 Å². The average molecular weight is 270 g/mol. The van der Waals surface area contributed by atoms with E-state index in [1.807, 2.05) is 13.8 Å². The summed E-state index contributed by atoms with van der Waals surface area (Å²) in [7, 11) is 0. The van der Waals surface area contributed by atoms with Gasteiger partial charge in [-0.15, -0.1) is 11.3 Å². The third kappa shape index (κ3) is 3.07. The fraction of sp³-hybridized carbons (Fsp3) is 0.583. The standard InChI is InChI=1S/C12H18N2O3S/c1-5-12(4,11(16)17)14-9(15)8-6-18-10(13-8)7(2)3/h6-7H,5H2,1-4H3,(H,14,15)(H,16,17). The van der Waals surface area contributed by atoms with Gasteiger partial charge in [-0.3, -0.25) is 4.79 Å². The lowest BCUT2D eigenvalue weighted by atomic mass is 9.99.